The lowest BCUT2D eigenvalue weighted by molar-refractivity contribution is -0.0775. The van der Waals surface area contributed by atoms with Gasteiger partial charge in [0.15, 0.2) is 0 Å². The molecule has 1 aliphatic heterocycles. The number of aliphatic hydroxyl groups excluding tert-OH is 2. The lowest BCUT2D eigenvalue weighted by Crippen LogP contribution is -2.51. The van der Waals surface area contributed by atoms with Gasteiger partial charge in [0.1, 0.15) is 0 Å². The zero-order chi connectivity index (χ0) is 28.9. The fraction of sp³-hybridized carbons (Fsp3) is 0.243. The molecule has 1 aliphatic carbocycles. The van der Waals surface area contributed by atoms with Gasteiger partial charge < -0.3 is 24.9 Å². The third-order valence-electron chi connectivity index (χ3n) is 9.79. The van der Waals surface area contributed by atoms with Gasteiger partial charge in [0.25, 0.3) is 0 Å². The number of hydrogen-bond acceptors (Lipinski definition) is 5. The number of rotatable bonds is 3. The predicted octanol–water partition coefficient (Wildman–Crippen LogP) is 6.81. The second-order valence-electron chi connectivity index (χ2n) is 12.4. The Hall–Kier alpha value is -4.32. The standard InChI is InChI=1S/C37H35N3O2/c1-38(2)30-15-13-25(27-17-21-9-5-6-10-22(21)18-28(27)30)33-36(41)34(37(33)42)26-14-16-31-32-29(26)19-23-11-7-8-12-24(23)35(32)40(4)20-39(31)3/h5-19,33-34,36-37,41-42H,20H2,1-4H3. The van der Waals surface area contributed by atoms with Crippen LogP contribution < -0.4 is 14.7 Å². The Kier molecular flexibility index (Phi) is 5.50. The molecule has 5 heteroatoms. The van der Waals surface area contributed by atoms with Crippen LogP contribution in [0.3, 0.4) is 0 Å². The van der Waals surface area contributed by atoms with Gasteiger partial charge in [-0.25, -0.2) is 0 Å². The van der Waals surface area contributed by atoms with E-state index in [-0.39, 0.29) is 11.8 Å². The minimum absolute atomic E-state index is 0.372. The van der Waals surface area contributed by atoms with E-state index in [0.717, 1.165) is 45.0 Å². The van der Waals surface area contributed by atoms with Crippen molar-refractivity contribution in [2.75, 3.05) is 49.6 Å². The molecule has 2 aliphatic rings. The molecule has 0 bridgehead atoms. The van der Waals surface area contributed by atoms with Gasteiger partial charge in [-0.15, -0.1) is 0 Å². The molecule has 0 radical (unpaired) electrons. The summed E-state index contributed by atoms with van der Waals surface area (Å²) in [5, 5.41) is 33.1. The van der Waals surface area contributed by atoms with Crippen LogP contribution in [0.15, 0.2) is 91.0 Å². The fourth-order valence-corrected chi connectivity index (χ4v) is 7.79. The van der Waals surface area contributed by atoms with Crippen LogP contribution >= 0.6 is 0 Å². The van der Waals surface area contributed by atoms with E-state index >= 15 is 0 Å². The van der Waals surface area contributed by atoms with E-state index < -0.39 is 12.2 Å². The van der Waals surface area contributed by atoms with Crippen LogP contribution in [0.25, 0.3) is 43.1 Å². The highest BCUT2D eigenvalue weighted by Gasteiger charge is 2.51. The SMILES string of the molecule is CN(C)c1ccc(C2C(O)C(c3ccc4c5c(c6ccccc6cc35)N(C)CN4C)C2O)c2cc3ccccc3cc12. The molecule has 0 amide bonds. The van der Waals surface area contributed by atoms with E-state index in [1.807, 2.05) is 0 Å². The molecule has 1 saturated carbocycles. The van der Waals surface area contributed by atoms with Crippen LogP contribution in [0.5, 0.6) is 0 Å². The van der Waals surface area contributed by atoms with Crippen molar-refractivity contribution in [3.63, 3.8) is 0 Å². The topological polar surface area (TPSA) is 50.2 Å². The number of aliphatic hydroxyl groups is 2. The third kappa shape index (κ3) is 3.44. The van der Waals surface area contributed by atoms with Crippen molar-refractivity contribution in [3.8, 4) is 0 Å². The maximum absolute atomic E-state index is 11.9. The quantitative estimate of drug-likeness (QED) is 0.236. The van der Waals surface area contributed by atoms with Crippen LogP contribution in [0.1, 0.15) is 23.0 Å². The average molecular weight is 554 g/mol. The van der Waals surface area contributed by atoms with E-state index in [4.69, 9.17) is 0 Å². The molecule has 5 nitrogen and oxygen atoms in total. The lowest BCUT2D eigenvalue weighted by atomic mass is 9.62. The molecule has 42 heavy (non-hydrogen) atoms. The Labute approximate surface area is 245 Å². The summed E-state index contributed by atoms with van der Waals surface area (Å²) in [4.78, 5) is 6.71. The van der Waals surface area contributed by atoms with Crippen molar-refractivity contribution in [2.45, 2.75) is 24.0 Å². The first kappa shape index (κ1) is 25.4. The monoisotopic (exact) mass is 553 g/mol. The van der Waals surface area contributed by atoms with Gasteiger partial charge in [0.2, 0.25) is 0 Å². The highest BCUT2D eigenvalue weighted by Crippen LogP contribution is 2.54. The molecule has 1 fully saturated rings. The Morgan fingerprint density at radius 2 is 1.19 bits per heavy atom. The number of hydrogen-bond donors (Lipinski definition) is 2. The predicted molar refractivity (Wildman–Crippen MR) is 176 cm³/mol. The molecular weight excluding hydrogens is 518 g/mol. The highest BCUT2D eigenvalue weighted by molar-refractivity contribution is 6.18. The summed E-state index contributed by atoms with van der Waals surface area (Å²) in [5.74, 6) is -0.748. The van der Waals surface area contributed by atoms with Crippen molar-refractivity contribution in [1.82, 2.24) is 0 Å². The lowest BCUT2D eigenvalue weighted by Gasteiger charge is -2.48. The summed E-state index contributed by atoms with van der Waals surface area (Å²) in [5.41, 5.74) is 5.55. The van der Waals surface area contributed by atoms with Crippen LogP contribution in [-0.2, 0) is 0 Å². The third-order valence-corrected chi connectivity index (χ3v) is 9.79. The number of nitrogens with zero attached hydrogens (tertiary/aromatic N) is 3. The van der Waals surface area contributed by atoms with Crippen molar-refractivity contribution >= 4 is 60.2 Å². The molecule has 6 aromatic rings. The van der Waals surface area contributed by atoms with Gasteiger partial charge in [-0.1, -0.05) is 60.7 Å². The summed E-state index contributed by atoms with van der Waals surface area (Å²) in [6.07, 6.45) is -1.41. The second-order valence-corrected chi connectivity index (χ2v) is 12.4. The molecule has 1 heterocycles. The van der Waals surface area contributed by atoms with Gasteiger partial charge >= 0.3 is 0 Å². The average Bonchev–Trinajstić information content (AvgIpc) is 2.98. The Balaban J connectivity index is 1.29. The van der Waals surface area contributed by atoms with Crippen LogP contribution in [0, 0.1) is 0 Å². The molecule has 2 unspecified atom stereocenters. The molecule has 0 spiro atoms. The molecule has 2 atom stereocenters. The molecular formula is C37H35N3O2. The highest BCUT2D eigenvalue weighted by atomic mass is 16.3. The van der Waals surface area contributed by atoms with Crippen molar-refractivity contribution in [2.24, 2.45) is 0 Å². The number of benzene rings is 6. The summed E-state index contributed by atoms with van der Waals surface area (Å²) >= 11 is 0. The van der Waals surface area contributed by atoms with Gasteiger partial charge in [-0.3, -0.25) is 0 Å². The first-order valence-corrected chi connectivity index (χ1v) is 14.7. The van der Waals surface area contributed by atoms with Crippen LogP contribution in [0.4, 0.5) is 17.1 Å². The summed E-state index contributed by atoms with van der Waals surface area (Å²) < 4.78 is 0. The van der Waals surface area contributed by atoms with Crippen LogP contribution in [0.2, 0.25) is 0 Å². The molecule has 8 rings (SSSR count). The summed E-state index contributed by atoms with van der Waals surface area (Å²) in [7, 11) is 8.38. The number of fused-ring (bicyclic) bond motifs is 4. The molecule has 2 N–H and O–H groups in total. The maximum atomic E-state index is 11.9. The largest absolute Gasteiger partial charge is 0.392 e. The molecule has 210 valence electrons. The Morgan fingerprint density at radius 3 is 1.88 bits per heavy atom. The minimum Gasteiger partial charge on any atom is -0.392 e. The smallest absolute Gasteiger partial charge is 0.0897 e. The maximum Gasteiger partial charge on any atom is 0.0897 e. The van der Waals surface area contributed by atoms with Crippen molar-refractivity contribution in [3.05, 3.63) is 102 Å². The second kappa shape index (κ2) is 9.09. The van der Waals surface area contributed by atoms with Gasteiger partial charge in [0, 0.05) is 67.6 Å². The summed E-state index contributed by atoms with van der Waals surface area (Å²) in [6.45, 7) is 0.802. The van der Waals surface area contributed by atoms with E-state index in [1.165, 1.54) is 32.9 Å². The zero-order valence-electron chi connectivity index (χ0n) is 24.4. The zero-order valence-corrected chi connectivity index (χ0v) is 24.4. The summed E-state index contributed by atoms with van der Waals surface area (Å²) in [6, 6.07) is 32.2. The van der Waals surface area contributed by atoms with Crippen molar-refractivity contribution < 1.29 is 10.2 Å². The molecule has 0 aromatic heterocycles. The van der Waals surface area contributed by atoms with Gasteiger partial charge in [-0.2, -0.15) is 0 Å². The van der Waals surface area contributed by atoms with E-state index in [9.17, 15) is 10.2 Å². The normalized spacial score (nSPS) is 21.9. The van der Waals surface area contributed by atoms with Crippen LogP contribution in [-0.4, -0.2) is 57.3 Å². The van der Waals surface area contributed by atoms with E-state index in [2.05, 4.69) is 134 Å². The van der Waals surface area contributed by atoms with Gasteiger partial charge in [-0.05, 0) is 68.4 Å². The first-order chi connectivity index (χ1) is 20.3. The molecule has 0 saturated heterocycles. The Bertz CT molecular complexity index is 2040. The fourth-order valence-electron chi connectivity index (χ4n) is 7.79. The van der Waals surface area contributed by atoms with E-state index in [0.29, 0.717) is 0 Å². The first-order valence-electron chi connectivity index (χ1n) is 14.7. The number of anilines is 3. The Morgan fingerprint density at radius 1 is 0.619 bits per heavy atom. The van der Waals surface area contributed by atoms with Crippen molar-refractivity contribution in [1.29, 1.82) is 0 Å². The molecule has 6 aromatic carbocycles. The van der Waals surface area contributed by atoms with E-state index in [1.54, 1.807) is 0 Å². The van der Waals surface area contributed by atoms with Gasteiger partial charge in [0.05, 0.1) is 24.6 Å². The minimum atomic E-state index is -0.706.